The Bertz CT molecular complexity index is 555. The predicted octanol–water partition coefficient (Wildman–Crippen LogP) is 3.16. The van der Waals surface area contributed by atoms with Crippen molar-refractivity contribution in [3.63, 3.8) is 0 Å². The van der Waals surface area contributed by atoms with Crippen LogP contribution in [0.3, 0.4) is 0 Å². The number of hydrogen-bond acceptors (Lipinski definition) is 3. The van der Waals surface area contributed by atoms with Crippen molar-refractivity contribution >= 4 is 40.3 Å². The summed E-state index contributed by atoms with van der Waals surface area (Å²) >= 11 is 7.44. The first kappa shape index (κ1) is 12.5. The van der Waals surface area contributed by atoms with Crippen molar-refractivity contribution < 1.29 is 4.39 Å². The lowest BCUT2D eigenvalue weighted by molar-refractivity contribution is 0.628. The molecule has 1 aromatic carbocycles. The number of benzene rings is 1. The third-order valence-corrected chi connectivity index (χ3v) is 3.91. The smallest absolute Gasteiger partial charge is 0.201 e. The van der Waals surface area contributed by atoms with Crippen molar-refractivity contribution in [1.82, 2.24) is 9.55 Å². The molecule has 1 heterocycles. The first-order valence-corrected chi connectivity index (χ1v) is 6.83. The number of hydrogen-bond donors (Lipinski definition) is 1. The Hall–Kier alpha value is -0.940. The first-order chi connectivity index (χ1) is 8.02. The van der Waals surface area contributed by atoms with Gasteiger partial charge in [-0.25, -0.2) is 9.37 Å². The van der Waals surface area contributed by atoms with Crippen LogP contribution in [0.15, 0.2) is 12.1 Å². The van der Waals surface area contributed by atoms with Crippen molar-refractivity contribution in [1.29, 1.82) is 0 Å². The molecule has 2 N–H and O–H groups in total. The van der Waals surface area contributed by atoms with Crippen LogP contribution < -0.4 is 5.73 Å². The summed E-state index contributed by atoms with van der Waals surface area (Å²) in [6.07, 6.45) is 2.03. The lowest BCUT2D eigenvalue weighted by Gasteiger charge is -2.11. The largest absolute Gasteiger partial charge is 0.369 e. The Labute approximate surface area is 108 Å². The van der Waals surface area contributed by atoms with Gasteiger partial charge in [0.2, 0.25) is 5.95 Å². The molecule has 1 atom stereocenters. The van der Waals surface area contributed by atoms with E-state index in [0.29, 0.717) is 28.8 Å². The van der Waals surface area contributed by atoms with E-state index >= 15 is 0 Å². The van der Waals surface area contributed by atoms with Gasteiger partial charge in [-0.1, -0.05) is 18.5 Å². The Kier molecular flexibility index (Phi) is 3.49. The summed E-state index contributed by atoms with van der Waals surface area (Å²) in [7, 11) is 0. The van der Waals surface area contributed by atoms with Crippen LogP contribution in [0.4, 0.5) is 10.3 Å². The van der Waals surface area contributed by atoms with Crippen LogP contribution in [0.25, 0.3) is 11.0 Å². The molecule has 1 unspecified atom stereocenters. The number of fused-ring (bicyclic) bond motifs is 1. The molecule has 0 aliphatic rings. The maximum Gasteiger partial charge on any atom is 0.201 e. The van der Waals surface area contributed by atoms with Gasteiger partial charge in [-0.3, -0.25) is 0 Å². The van der Waals surface area contributed by atoms with Crippen LogP contribution in [0.1, 0.15) is 6.92 Å². The van der Waals surface area contributed by atoms with Gasteiger partial charge >= 0.3 is 0 Å². The van der Waals surface area contributed by atoms with Gasteiger partial charge in [-0.15, -0.1) is 0 Å². The fourth-order valence-corrected chi connectivity index (χ4v) is 2.12. The third-order valence-electron chi connectivity index (χ3n) is 2.66. The number of rotatable bonds is 3. The molecule has 2 aromatic rings. The molecule has 0 fully saturated rings. The first-order valence-electron chi connectivity index (χ1n) is 5.16. The second-order valence-electron chi connectivity index (χ2n) is 3.88. The van der Waals surface area contributed by atoms with Gasteiger partial charge < -0.3 is 10.3 Å². The van der Waals surface area contributed by atoms with E-state index in [0.717, 1.165) is 0 Å². The number of imidazole rings is 1. The molecule has 0 saturated heterocycles. The van der Waals surface area contributed by atoms with Crippen LogP contribution in [0.2, 0.25) is 5.02 Å². The van der Waals surface area contributed by atoms with E-state index in [1.807, 2.05) is 10.8 Å². The number of nitrogens with two attached hydrogens (primary N) is 1. The van der Waals surface area contributed by atoms with Crippen molar-refractivity contribution in [3.05, 3.63) is 23.0 Å². The van der Waals surface area contributed by atoms with Crippen LogP contribution >= 0.6 is 23.4 Å². The summed E-state index contributed by atoms with van der Waals surface area (Å²) in [4.78, 5) is 4.18. The SMILES string of the molecule is CSC(C)Cn1c(N)nc2cc(Cl)c(F)cc21. The zero-order chi connectivity index (χ0) is 12.6. The molecule has 0 amide bonds. The summed E-state index contributed by atoms with van der Waals surface area (Å²) in [5.41, 5.74) is 7.15. The minimum atomic E-state index is -0.447. The van der Waals surface area contributed by atoms with E-state index in [9.17, 15) is 4.39 Å². The molecule has 0 bridgehead atoms. The summed E-state index contributed by atoms with van der Waals surface area (Å²) in [5.74, 6) is -0.0558. The van der Waals surface area contributed by atoms with Crippen LogP contribution in [0, 0.1) is 5.82 Å². The second kappa shape index (κ2) is 4.74. The molecule has 0 saturated carbocycles. The van der Waals surface area contributed by atoms with Gasteiger partial charge in [0, 0.05) is 17.9 Å². The van der Waals surface area contributed by atoms with Crippen molar-refractivity contribution in [2.75, 3.05) is 12.0 Å². The van der Waals surface area contributed by atoms with E-state index in [4.69, 9.17) is 17.3 Å². The van der Waals surface area contributed by atoms with Gasteiger partial charge in [-0.2, -0.15) is 11.8 Å². The lowest BCUT2D eigenvalue weighted by Crippen LogP contribution is -2.11. The number of anilines is 1. The molecule has 3 nitrogen and oxygen atoms in total. The molecule has 1 aromatic heterocycles. The van der Waals surface area contributed by atoms with Gasteiger partial charge in [0.15, 0.2) is 0 Å². The minimum Gasteiger partial charge on any atom is -0.369 e. The van der Waals surface area contributed by atoms with Crippen molar-refractivity contribution in [3.8, 4) is 0 Å². The van der Waals surface area contributed by atoms with Crippen LogP contribution in [-0.4, -0.2) is 21.1 Å². The molecule has 0 aliphatic heterocycles. The number of nitrogen functional groups attached to an aromatic ring is 1. The molecule has 0 radical (unpaired) electrons. The molecule has 92 valence electrons. The number of aromatic nitrogens is 2. The van der Waals surface area contributed by atoms with E-state index < -0.39 is 5.82 Å². The molecule has 0 aliphatic carbocycles. The molecular weight excluding hydrogens is 261 g/mol. The highest BCUT2D eigenvalue weighted by molar-refractivity contribution is 7.99. The van der Waals surface area contributed by atoms with Gasteiger partial charge in [-0.05, 0) is 12.3 Å². The third kappa shape index (κ3) is 2.35. The monoisotopic (exact) mass is 273 g/mol. The summed E-state index contributed by atoms with van der Waals surface area (Å²) in [6, 6.07) is 2.89. The average Bonchev–Trinajstić information content (AvgIpc) is 2.56. The summed E-state index contributed by atoms with van der Waals surface area (Å²) in [6.45, 7) is 2.78. The van der Waals surface area contributed by atoms with Gasteiger partial charge in [0.25, 0.3) is 0 Å². The Morgan fingerprint density at radius 1 is 1.59 bits per heavy atom. The maximum atomic E-state index is 13.4. The van der Waals surface area contributed by atoms with Crippen LogP contribution in [-0.2, 0) is 6.54 Å². The summed E-state index contributed by atoms with van der Waals surface area (Å²) < 4.78 is 15.3. The van der Waals surface area contributed by atoms with Gasteiger partial charge in [0.05, 0.1) is 16.1 Å². The highest BCUT2D eigenvalue weighted by atomic mass is 35.5. The number of thioether (sulfide) groups is 1. The molecule has 0 spiro atoms. The second-order valence-corrected chi connectivity index (χ2v) is 5.57. The van der Waals surface area contributed by atoms with Crippen molar-refractivity contribution in [2.24, 2.45) is 0 Å². The number of halogens is 2. The fraction of sp³-hybridized carbons (Fsp3) is 0.364. The van der Waals surface area contributed by atoms with Crippen LogP contribution in [0.5, 0.6) is 0 Å². The highest BCUT2D eigenvalue weighted by Crippen LogP contribution is 2.25. The van der Waals surface area contributed by atoms with E-state index in [-0.39, 0.29) is 5.02 Å². The van der Waals surface area contributed by atoms with Crippen molar-refractivity contribution in [2.45, 2.75) is 18.7 Å². The zero-order valence-corrected chi connectivity index (χ0v) is 11.1. The predicted molar refractivity (Wildman–Crippen MR) is 72.1 cm³/mol. The van der Waals surface area contributed by atoms with Gasteiger partial charge in [0.1, 0.15) is 5.82 Å². The quantitative estimate of drug-likeness (QED) is 0.934. The topological polar surface area (TPSA) is 43.8 Å². The van der Waals surface area contributed by atoms with E-state index in [1.165, 1.54) is 12.1 Å². The zero-order valence-electron chi connectivity index (χ0n) is 9.58. The Morgan fingerprint density at radius 3 is 2.94 bits per heavy atom. The lowest BCUT2D eigenvalue weighted by atomic mass is 10.3. The standard InChI is InChI=1S/C11H13ClFN3S/c1-6(17-2)5-16-10-4-8(13)7(12)3-9(10)15-11(16)14/h3-4,6H,5H2,1-2H3,(H2,14,15). The molecule has 17 heavy (non-hydrogen) atoms. The molecule has 2 rings (SSSR count). The number of nitrogens with zero attached hydrogens (tertiary/aromatic N) is 2. The minimum absolute atomic E-state index is 0.0695. The Balaban J connectivity index is 2.54. The maximum absolute atomic E-state index is 13.4. The average molecular weight is 274 g/mol. The van der Waals surface area contributed by atoms with E-state index in [2.05, 4.69) is 11.9 Å². The molecule has 6 heteroatoms. The highest BCUT2D eigenvalue weighted by Gasteiger charge is 2.13. The fourth-order valence-electron chi connectivity index (χ4n) is 1.66. The molecular formula is C11H13ClFN3S. The van der Waals surface area contributed by atoms with E-state index in [1.54, 1.807) is 11.8 Å². The normalized spacial score (nSPS) is 13.2. The Morgan fingerprint density at radius 2 is 2.29 bits per heavy atom. The summed E-state index contributed by atoms with van der Waals surface area (Å²) in [5, 5.41) is 0.452.